The summed E-state index contributed by atoms with van der Waals surface area (Å²) >= 11 is 6.58. The third kappa shape index (κ3) is 3.41. The molecule has 2 aromatic rings. The van der Waals surface area contributed by atoms with Crippen LogP contribution >= 0.6 is 11.6 Å². The maximum Gasteiger partial charge on any atom is 0.220 e. The molecule has 0 aliphatic carbocycles. The Morgan fingerprint density at radius 3 is 2.61 bits per heavy atom. The first-order chi connectivity index (χ1) is 11.1. The van der Waals surface area contributed by atoms with Crippen molar-refractivity contribution < 1.29 is 9.69 Å². The minimum absolute atomic E-state index is 0.0300. The number of likely N-dealkylation sites (tertiary alicyclic amines) is 1. The standard InChI is InChI=1S/C17H21ClN4O/c1-12-15(11-21-9-7-13(8-10-21)17(19)23)16(18)22(20-12)14-5-3-2-4-6-14/h2-6,13H,7-11H2,1H3,(H2,19,23)/p+1. The van der Waals surface area contributed by atoms with Crippen molar-refractivity contribution in [3.63, 3.8) is 0 Å². The molecule has 0 spiro atoms. The average molecular weight is 334 g/mol. The van der Waals surface area contributed by atoms with Gasteiger partial charge in [-0.3, -0.25) is 4.79 Å². The lowest BCUT2D eigenvalue weighted by Gasteiger charge is -2.27. The SMILES string of the molecule is Cc1nn(-c2ccccc2)c(Cl)c1C[NH+]1CCC(C(N)=O)CC1. The highest BCUT2D eigenvalue weighted by Gasteiger charge is 2.27. The molecule has 0 unspecified atom stereocenters. The number of primary amides is 1. The molecule has 2 heterocycles. The Kier molecular flexibility index (Phi) is 4.68. The fourth-order valence-corrected chi connectivity index (χ4v) is 3.55. The summed E-state index contributed by atoms with van der Waals surface area (Å²) in [5.41, 5.74) is 8.41. The monoisotopic (exact) mass is 333 g/mol. The zero-order valence-corrected chi connectivity index (χ0v) is 14.0. The number of rotatable bonds is 4. The highest BCUT2D eigenvalue weighted by molar-refractivity contribution is 6.30. The van der Waals surface area contributed by atoms with Crippen LogP contribution in [0.15, 0.2) is 30.3 Å². The normalized spacial score (nSPS) is 21.3. The lowest BCUT2D eigenvalue weighted by molar-refractivity contribution is -0.919. The van der Waals surface area contributed by atoms with Crippen LogP contribution in [0, 0.1) is 12.8 Å². The fraction of sp³-hybridized carbons (Fsp3) is 0.412. The smallest absolute Gasteiger partial charge is 0.220 e. The van der Waals surface area contributed by atoms with Gasteiger partial charge in [0.2, 0.25) is 5.91 Å². The van der Waals surface area contributed by atoms with Crippen molar-refractivity contribution in [2.24, 2.45) is 11.7 Å². The first kappa shape index (κ1) is 16.0. The van der Waals surface area contributed by atoms with Gasteiger partial charge in [-0.05, 0) is 19.1 Å². The van der Waals surface area contributed by atoms with Crippen molar-refractivity contribution in [2.45, 2.75) is 26.3 Å². The number of nitrogens with two attached hydrogens (primary N) is 1. The van der Waals surface area contributed by atoms with E-state index in [-0.39, 0.29) is 11.8 Å². The zero-order chi connectivity index (χ0) is 16.4. The molecule has 1 aliphatic heterocycles. The molecule has 1 amide bonds. The van der Waals surface area contributed by atoms with E-state index in [9.17, 15) is 4.79 Å². The molecule has 0 bridgehead atoms. The summed E-state index contributed by atoms with van der Waals surface area (Å²) in [5, 5.41) is 5.27. The van der Waals surface area contributed by atoms with Crippen LogP contribution in [-0.2, 0) is 11.3 Å². The first-order valence-corrected chi connectivity index (χ1v) is 8.36. The second kappa shape index (κ2) is 6.72. The molecule has 3 N–H and O–H groups in total. The van der Waals surface area contributed by atoms with E-state index in [4.69, 9.17) is 17.3 Å². The summed E-state index contributed by atoms with van der Waals surface area (Å²) in [6, 6.07) is 9.91. The van der Waals surface area contributed by atoms with Crippen molar-refractivity contribution in [3.05, 3.63) is 46.7 Å². The molecule has 23 heavy (non-hydrogen) atoms. The third-order valence-corrected chi connectivity index (χ3v) is 5.03. The third-order valence-electron chi connectivity index (χ3n) is 4.64. The molecular formula is C17H22ClN4O+. The van der Waals surface area contributed by atoms with E-state index in [1.54, 1.807) is 4.68 Å². The molecule has 1 aliphatic rings. The molecule has 0 radical (unpaired) electrons. The van der Waals surface area contributed by atoms with E-state index >= 15 is 0 Å². The number of aromatic nitrogens is 2. The molecule has 122 valence electrons. The summed E-state index contributed by atoms with van der Waals surface area (Å²) in [4.78, 5) is 12.7. The van der Waals surface area contributed by atoms with Crippen LogP contribution in [0.4, 0.5) is 0 Å². The van der Waals surface area contributed by atoms with Gasteiger partial charge in [-0.15, -0.1) is 0 Å². The van der Waals surface area contributed by atoms with Gasteiger partial charge in [-0.1, -0.05) is 29.8 Å². The number of carbonyl (C=O) groups is 1. The Balaban J connectivity index is 1.75. The second-order valence-electron chi connectivity index (χ2n) is 6.21. The number of hydrogen-bond acceptors (Lipinski definition) is 2. The van der Waals surface area contributed by atoms with E-state index < -0.39 is 0 Å². The van der Waals surface area contributed by atoms with Crippen LogP contribution in [0.5, 0.6) is 0 Å². The predicted molar refractivity (Wildman–Crippen MR) is 89.6 cm³/mol. The molecule has 1 saturated heterocycles. The number of nitrogens with zero attached hydrogens (tertiary/aromatic N) is 2. The molecule has 1 aromatic carbocycles. The number of nitrogens with one attached hydrogen (secondary N) is 1. The number of quaternary nitrogens is 1. The quantitative estimate of drug-likeness (QED) is 0.880. The first-order valence-electron chi connectivity index (χ1n) is 7.98. The van der Waals surface area contributed by atoms with Crippen LogP contribution in [0.25, 0.3) is 5.69 Å². The topological polar surface area (TPSA) is 65.3 Å². The Hall–Kier alpha value is -1.85. The molecule has 1 fully saturated rings. The average Bonchev–Trinajstić information content (AvgIpc) is 2.84. The van der Waals surface area contributed by atoms with E-state index in [1.165, 1.54) is 4.90 Å². The molecule has 0 saturated carbocycles. The van der Waals surface area contributed by atoms with Gasteiger partial charge in [0.1, 0.15) is 11.7 Å². The maximum atomic E-state index is 11.3. The Morgan fingerprint density at radius 1 is 1.35 bits per heavy atom. The summed E-state index contributed by atoms with van der Waals surface area (Å²) in [7, 11) is 0. The second-order valence-corrected chi connectivity index (χ2v) is 6.56. The lowest BCUT2D eigenvalue weighted by Crippen LogP contribution is -3.11. The minimum atomic E-state index is -0.171. The van der Waals surface area contributed by atoms with Gasteiger partial charge in [-0.25, -0.2) is 4.68 Å². The zero-order valence-electron chi connectivity index (χ0n) is 13.3. The number of hydrogen-bond donors (Lipinski definition) is 2. The number of benzene rings is 1. The number of piperidine rings is 1. The van der Waals surface area contributed by atoms with Crippen molar-refractivity contribution in [1.29, 1.82) is 0 Å². The Morgan fingerprint density at radius 2 is 2.00 bits per heavy atom. The van der Waals surface area contributed by atoms with E-state index in [2.05, 4.69) is 5.10 Å². The van der Waals surface area contributed by atoms with Crippen molar-refractivity contribution >= 4 is 17.5 Å². The van der Waals surface area contributed by atoms with Gasteiger partial charge in [0.05, 0.1) is 30.0 Å². The van der Waals surface area contributed by atoms with Crippen LogP contribution in [0.3, 0.4) is 0 Å². The van der Waals surface area contributed by atoms with Gasteiger partial charge < -0.3 is 10.6 Å². The van der Waals surface area contributed by atoms with E-state index in [0.29, 0.717) is 5.15 Å². The van der Waals surface area contributed by atoms with Crippen LogP contribution in [0.2, 0.25) is 5.15 Å². The Labute approximate surface area is 141 Å². The van der Waals surface area contributed by atoms with Gasteiger partial charge in [0.15, 0.2) is 0 Å². The number of para-hydroxylation sites is 1. The van der Waals surface area contributed by atoms with Crippen LogP contribution in [-0.4, -0.2) is 28.8 Å². The predicted octanol–water partition coefficient (Wildman–Crippen LogP) is 1.11. The van der Waals surface area contributed by atoms with Gasteiger partial charge in [0, 0.05) is 18.8 Å². The largest absolute Gasteiger partial charge is 0.369 e. The van der Waals surface area contributed by atoms with E-state index in [1.807, 2.05) is 37.3 Å². The molecule has 1 aromatic heterocycles. The summed E-state index contributed by atoms with van der Waals surface area (Å²) in [5.74, 6) is -0.141. The van der Waals surface area contributed by atoms with Crippen molar-refractivity contribution in [2.75, 3.05) is 13.1 Å². The van der Waals surface area contributed by atoms with Gasteiger partial charge in [0.25, 0.3) is 0 Å². The van der Waals surface area contributed by atoms with E-state index in [0.717, 1.165) is 49.4 Å². The summed E-state index contributed by atoms with van der Waals surface area (Å²) < 4.78 is 1.79. The molecule has 5 nitrogen and oxygen atoms in total. The molecule has 6 heteroatoms. The molecular weight excluding hydrogens is 312 g/mol. The highest BCUT2D eigenvalue weighted by Crippen LogP contribution is 2.23. The van der Waals surface area contributed by atoms with Crippen molar-refractivity contribution in [3.8, 4) is 5.69 Å². The number of halogens is 1. The number of amides is 1. The molecule has 0 atom stereocenters. The van der Waals surface area contributed by atoms with Gasteiger partial charge in [-0.2, -0.15) is 5.10 Å². The minimum Gasteiger partial charge on any atom is -0.369 e. The summed E-state index contributed by atoms with van der Waals surface area (Å²) in [6.07, 6.45) is 1.71. The number of aryl methyl sites for hydroxylation is 1. The molecule has 3 rings (SSSR count). The highest BCUT2D eigenvalue weighted by atomic mass is 35.5. The lowest BCUT2D eigenvalue weighted by atomic mass is 9.96. The fourth-order valence-electron chi connectivity index (χ4n) is 3.21. The van der Waals surface area contributed by atoms with Crippen molar-refractivity contribution in [1.82, 2.24) is 9.78 Å². The van der Waals surface area contributed by atoms with Crippen LogP contribution in [0.1, 0.15) is 24.1 Å². The number of carbonyl (C=O) groups excluding carboxylic acids is 1. The Bertz CT molecular complexity index is 690. The maximum absolute atomic E-state index is 11.3. The van der Waals surface area contributed by atoms with Crippen LogP contribution < -0.4 is 10.6 Å². The summed E-state index contributed by atoms with van der Waals surface area (Å²) in [6.45, 7) is 4.72. The van der Waals surface area contributed by atoms with Gasteiger partial charge >= 0.3 is 0 Å².